The molecule has 0 aliphatic heterocycles. The Morgan fingerprint density at radius 1 is 1.50 bits per heavy atom. The highest BCUT2D eigenvalue weighted by molar-refractivity contribution is 5.29. The van der Waals surface area contributed by atoms with Gasteiger partial charge < -0.3 is 10.8 Å². The number of benzene rings is 1. The van der Waals surface area contributed by atoms with Crippen LogP contribution in [0.5, 0.6) is 0 Å². The van der Waals surface area contributed by atoms with Crippen LogP contribution < -0.4 is 5.73 Å². The standard InChI is InChI=1S/C11H16FNO/c1-8-7-9(3-4-10(8)12)11(2,13)5-6-14/h3-4,7,14H,5-6,13H2,1-2H3. The normalized spacial score (nSPS) is 15.2. The Kier molecular flexibility index (Phi) is 3.24. The average molecular weight is 197 g/mol. The SMILES string of the molecule is Cc1cc(C(C)(N)CCO)ccc1F. The number of aryl methyl sites for hydroxylation is 1. The molecule has 0 bridgehead atoms. The lowest BCUT2D eigenvalue weighted by atomic mass is 9.89. The van der Waals surface area contributed by atoms with Crippen molar-refractivity contribution >= 4 is 0 Å². The van der Waals surface area contributed by atoms with Crippen molar-refractivity contribution in [2.24, 2.45) is 5.73 Å². The van der Waals surface area contributed by atoms with E-state index in [0.717, 1.165) is 5.56 Å². The van der Waals surface area contributed by atoms with Gasteiger partial charge >= 0.3 is 0 Å². The van der Waals surface area contributed by atoms with Gasteiger partial charge in [-0.2, -0.15) is 0 Å². The minimum Gasteiger partial charge on any atom is -0.396 e. The lowest BCUT2D eigenvalue weighted by Crippen LogP contribution is -2.34. The van der Waals surface area contributed by atoms with Crippen LogP contribution in [0.25, 0.3) is 0 Å². The Bertz CT molecular complexity index is 323. The van der Waals surface area contributed by atoms with E-state index in [1.165, 1.54) is 6.07 Å². The molecule has 1 rings (SSSR count). The van der Waals surface area contributed by atoms with Gasteiger partial charge in [0.25, 0.3) is 0 Å². The van der Waals surface area contributed by atoms with Crippen molar-refractivity contribution in [3.05, 3.63) is 35.1 Å². The maximum absolute atomic E-state index is 13.0. The van der Waals surface area contributed by atoms with E-state index in [2.05, 4.69) is 0 Å². The largest absolute Gasteiger partial charge is 0.396 e. The van der Waals surface area contributed by atoms with Gasteiger partial charge in [-0.25, -0.2) is 4.39 Å². The van der Waals surface area contributed by atoms with Gasteiger partial charge in [0, 0.05) is 12.1 Å². The summed E-state index contributed by atoms with van der Waals surface area (Å²) in [4.78, 5) is 0. The first-order valence-corrected chi connectivity index (χ1v) is 4.64. The topological polar surface area (TPSA) is 46.2 Å². The molecule has 0 saturated heterocycles. The van der Waals surface area contributed by atoms with E-state index in [1.54, 1.807) is 19.1 Å². The fourth-order valence-electron chi connectivity index (χ4n) is 1.38. The van der Waals surface area contributed by atoms with Crippen molar-refractivity contribution < 1.29 is 9.50 Å². The molecule has 1 unspecified atom stereocenters. The van der Waals surface area contributed by atoms with Gasteiger partial charge in [-0.3, -0.25) is 0 Å². The van der Waals surface area contributed by atoms with Gasteiger partial charge in [0.2, 0.25) is 0 Å². The zero-order valence-electron chi connectivity index (χ0n) is 8.55. The van der Waals surface area contributed by atoms with Crippen LogP contribution in [-0.2, 0) is 5.54 Å². The molecule has 0 aliphatic rings. The summed E-state index contributed by atoms with van der Waals surface area (Å²) in [5.41, 5.74) is 6.83. The molecule has 0 heterocycles. The maximum atomic E-state index is 13.0. The first-order valence-electron chi connectivity index (χ1n) is 4.64. The number of aliphatic hydroxyl groups excluding tert-OH is 1. The Hall–Kier alpha value is -0.930. The summed E-state index contributed by atoms with van der Waals surface area (Å²) >= 11 is 0. The summed E-state index contributed by atoms with van der Waals surface area (Å²) in [6.07, 6.45) is 0.470. The molecule has 3 N–H and O–H groups in total. The van der Waals surface area contributed by atoms with Crippen LogP contribution in [0.1, 0.15) is 24.5 Å². The highest BCUT2D eigenvalue weighted by atomic mass is 19.1. The van der Waals surface area contributed by atoms with E-state index >= 15 is 0 Å². The average Bonchev–Trinajstić information content (AvgIpc) is 2.09. The highest BCUT2D eigenvalue weighted by Gasteiger charge is 2.20. The number of halogens is 1. The van der Waals surface area contributed by atoms with Gasteiger partial charge in [-0.1, -0.05) is 12.1 Å². The van der Waals surface area contributed by atoms with Gasteiger partial charge in [0.1, 0.15) is 5.82 Å². The van der Waals surface area contributed by atoms with Crippen LogP contribution >= 0.6 is 0 Å². The number of nitrogens with two attached hydrogens (primary N) is 1. The molecular weight excluding hydrogens is 181 g/mol. The van der Waals surface area contributed by atoms with Gasteiger partial charge in [-0.05, 0) is 37.5 Å². The minimum atomic E-state index is -0.590. The lowest BCUT2D eigenvalue weighted by Gasteiger charge is -2.24. The number of hydrogen-bond acceptors (Lipinski definition) is 2. The molecule has 2 nitrogen and oxygen atoms in total. The predicted octanol–water partition coefficient (Wildman–Crippen LogP) is 1.69. The summed E-state index contributed by atoms with van der Waals surface area (Å²) in [5.74, 6) is -0.228. The molecule has 14 heavy (non-hydrogen) atoms. The molecular formula is C11H16FNO. The molecule has 0 radical (unpaired) electrons. The highest BCUT2D eigenvalue weighted by Crippen LogP contribution is 2.23. The zero-order valence-corrected chi connectivity index (χ0v) is 8.55. The molecule has 0 saturated carbocycles. The maximum Gasteiger partial charge on any atom is 0.126 e. The summed E-state index contributed by atoms with van der Waals surface area (Å²) < 4.78 is 13.0. The second-order valence-corrected chi connectivity index (χ2v) is 3.86. The molecule has 1 aromatic rings. The third kappa shape index (κ3) is 2.30. The summed E-state index contributed by atoms with van der Waals surface area (Å²) in [6.45, 7) is 3.56. The number of hydrogen-bond donors (Lipinski definition) is 2. The van der Waals surface area contributed by atoms with E-state index in [-0.39, 0.29) is 12.4 Å². The van der Waals surface area contributed by atoms with Crippen LogP contribution in [0.3, 0.4) is 0 Å². The molecule has 3 heteroatoms. The summed E-state index contributed by atoms with van der Waals surface area (Å²) in [7, 11) is 0. The van der Waals surface area contributed by atoms with Crippen molar-refractivity contribution in [2.75, 3.05) is 6.61 Å². The Morgan fingerprint density at radius 2 is 2.14 bits per heavy atom. The second kappa shape index (κ2) is 4.07. The molecule has 1 atom stereocenters. The van der Waals surface area contributed by atoms with Crippen LogP contribution in [0.4, 0.5) is 4.39 Å². The molecule has 1 aromatic carbocycles. The minimum absolute atomic E-state index is 0.0312. The van der Waals surface area contributed by atoms with Gasteiger partial charge in [0.05, 0.1) is 0 Å². The van der Waals surface area contributed by atoms with Crippen LogP contribution in [0, 0.1) is 12.7 Å². The Balaban J connectivity index is 3.01. The Morgan fingerprint density at radius 3 is 2.64 bits per heavy atom. The van der Waals surface area contributed by atoms with E-state index in [1.807, 2.05) is 6.92 Å². The van der Waals surface area contributed by atoms with E-state index in [9.17, 15) is 4.39 Å². The van der Waals surface area contributed by atoms with Crippen molar-refractivity contribution in [2.45, 2.75) is 25.8 Å². The molecule has 0 amide bonds. The smallest absolute Gasteiger partial charge is 0.126 e. The fourth-order valence-corrected chi connectivity index (χ4v) is 1.38. The van der Waals surface area contributed by atoms with Crippen LogP contribution in [-0.4, -0.2) is 11.7 Å². The van der Waals surface area contributed by atoms with Crippen molar-refractivity contribution in [3.8, 4) is 0 Å². The van der Waals surface area contributed by atoms with E-state index in [4.69, 9.17) is 10.8 Å². The third-order valence-corrected chi connectivity index (χ3v) is 2.45. The van der Waals surface area contributed by atoms with Gasteiger partial charge in [0.15, 0.2) is 0 Å². The van der Waals surface area contributed by atoms with E-state index in [0.29, 0.717) is 12.0 Å². The van der Waals surface area contributed by atoms with Gasteiger partial charge in [-0.15, -0.1) is 0 Å². The third-order valence-electron chi connectivity index (χ3n) is 2.45. The predicted molar refractivity (Wildman–Crippen MR) is 54.4 cm³/mol. The second-order valence-electron chi connectivity index (χ2n) is 3.86. The van der Waals surface area contributed by atoms with Crippen LogP contribution in [0.15, 0.2) is 18.2 Å². The number of rotatable bonds is 3. The first-order chi connectivity index (χ1) is 6.47. The molecule has 78 valence electrons. The monoisotopic (exact) mass is 197 g/mol. The van der Waals surface area contributed by atoms with E-state index < -0.39 is 5.54 Å². The molecule has 0 aliphatic carbocycles. The van der Waals surface area contributed by atoms with Crippen molar-refractivity contribution in [1.29, 1.82) is 0 Å². The first kappa shape index (κ1) is 11.1. The fraction of sp³-hybridized carbons (Fsp3) is 0.455. The van der Waals surface area contributed by atoms with Crippen LogP contribution in [0.2, 0.25) is 0 Å². The zero-order chi connectivity index (χ0) is 10.8. The quantitative estimate of drug-likeness (QED) is 0.774. The summed E-state index contributed by atoms with van der Waals surface area (Å²) in [5, 5.41) is 8.83. The van der Waals surface area contributed by atoms with Crippen molar-refractivity contribution in [1.82, 2.24) is 0 Å². The molecule has 0 aromatic heterocycles. The number of aliphatic hydroxyl groups is 1. The van der Waals surface area contributed by atoms with Crippen molar-refractivity contribution in [3.63, 3.8) is 0 Å². The Labute approximate surface area is 83.6 Å². The molecule has 0 fully saturated rings. The molecule has 0 spiro atoms. The lowest BCUT2D eigenvalue weighted by molar-refractivity contribution is 0.247. The summed E-state index contributed by atoms with van der Waals surface area (Å²) in [6, 6.07) is 4.80.